The lowest BCUT2D eigenvalue weighted by molar-refractivity contribution is 0.0214. The molecule has 1 aliphatic heterocycles. The van der Waals surface area contributed by atoms with Gasteiger partial charge in [-0.05, 0) is 26.2 Å². The number of carbonyl (C=O) groups is 1. The molecular weight excluding hydrogens is 230 g/mol. The predicted octanol–water partition coefficient (Wildman–Crippen LogP) is 1.55. The van der Waals surface area contributed by atoms with Crippen molar-refractivity contribution >= 4 is 12.1 Å². The first-order valence-corrected chi connectivity index (χ1v) is 6.45. The summed E-state index contributed by atoms with van der Waals surface area (Å²) in [5.74, 6) is 0.872. The molecule has 1 unspecified atom stereocenters. The highest BCUT2D eigenvalue weighted by atomic mass is 16.5. The van der Waals surface area contributed by atoms with Crippen LogP contribution in [0, 0.1) is 6.92 Å². The van der Waals surface area contributed by atoms with Gasteiger partial charge < -0.3 is 9.64 Å². The fraction of sp³-hybridized carbons (Fsp3) is 0.692. The van der Waals surface area contributed by atoms with E-state index in [1.165, 1.54) is 6.42 Å². The summed E-state index contributed by atoms with van der Waals surface area (Å²) in [7, 11) is 3.86. The van der Waals surface area contributed by atoms with Crippen molar-refractivity contribution in [1.82, 2.24) is 9.78 Å². The van der Waals surface area contributed by atoms with Crippen LogP contribution in [-0.4, -0.2) is 42.4 Å². The largest absolute Gasteiger partial charge is 0.376 e. The van der Waals surface area contributed by atoms with Crippen molar-refractivity contribution in [2.75, 3.05) is 25.1 Å². The summed E-state index contributed by atoms with van der Waals surface area (Å²) in [4.78, 5) is 13.2. The van der Waals surface area contributed by atoms with E-state index in [9.17, 15) is 4.79 Å². The molecule has 0 saturated carbocycles. The van der Waals surface area contributed by atoms with Crippen LogP contribution in [-0.2, 0) is 11.8 Å². The second-order valence-corrected chi connectivity index (χ2v) is 4.93. The SMILES string of the molecule is Cc1nn(C)c(N(C)CC2CCCCO2)c1C=O. The highest BCUT2D eigenvalue weighted by Crippen LogP contribution is 2.22. The van der Waals surface area contributed by atoms with Crippen LogP contribution in [0.25, 0.3) is 0 Å². The van der Waals surface area contributed by atoms with E-state index in [4.69, 9.17) is 4.74 Å². The van der Waals surface area contributed by atoms with Gasteiger partial charge in [0, 0.05) is 27.2 Å². The number of carbonyl (C=O) groups excluding carboxylic acids is 1. The number of rotatable bonds is 4. The molecule has 1 aliphatic rings. The molecular formula is C13H21N3O2. The lowest BCUT2D eigenvalue weighted by atomic mass is 10.1. The summed E-state index contributed by atoms with van der Waals surface area (Å²) in [6, 6.07) is 0. The lowest BCUT2D eigenvalue weighted by Crippen LogP contribution is -2.34. The first-order valence-electron chi connectivity index (χ1n) is 6.45. The number of ether oxygens (including phenoxy) is 1. The van der Waals surface area contributed by atoms with E-state index in [1.54, 1.807) is 4.68 Å². The van der Waals surface area contributed by atoms with Gasteiger partial charge in [-0.15, -0.1) is 0 Å². The van der Waals surface area contributed by atoms with Gasteiger partial charge in [-0.2, -0.15) is 5.10 Å². The Balaban J connectivity index is 2.12. The van der Waals surface area contributed by atoms with Crippen LogP contribution < -0.4 is 4.90 Å². The van der Waals surface area contributed by atoms with Gasteiger partial charge >= 0.3 is 0 Å². The maximum Gasteiger partial charge on any atom is 0.155 e. The second-order valence-electron chi connectivity index (χ2n) is 4.93. The van der Waals surface area contributed by atoms with Crippen molar-refractivity contribution in [2.45, 2.75) is 32.3 Å². The van der Waals surface area contributed by atoms with E-state index in [0.717, 1.165) is 43.8 Å². The Morgan fingerprint density at radius 3 is 2.94 bits per heavy atom. The van der Waals surface area contributed by atoms with Gasteiger partial charge in [0.05, 0.1) is 17.4 Å². The number of nitrogens with zero attached hydrogens (tertiary/aromatic N) is 3. The Morgan fingerprint density at radius 1 is 1.56 bits per heavy atom. The monoisotopic (exact) mass is 251 g/mol. The molecule has 1 saturated heterocycles. The molecule has 0 N–H and O–H groups in total. The maximum atomic E-state index is 11.1. The summed E-state index contributed by atoms with van der Waals surface area (Å²) >= 11 is 0. The topological polar surface area (TPSA) is 47.4 Å². The molecule has 2 heterocycles. The molecule has 2 rings (SSSR count). The summed E-state index contributed by atoms with van der Waals surface area (Å²) < 4.78 is 7.50. The molecule has 0 aromatic carbocycles. The smallest absolute Gasteiger partial charge is 0.155 e. The average molecular weight is 251 g/mol. The zero-order valence-corrected chi connectivity index (χ0v) is 11.3. The number of aromatic nitrogens is 2. The van der Waals surface area contributed by atoms with Crippen molar-refractivity contribution in [3.8, 4) is 0 Å². The van der Waals surface area contributed by atoms with Crippen molar-refractivity contribution in [2.24, 2.45) is 7.05 Å². The third-order valence-corrected chi connectivity index (χ3v) is 3.47. The van der Waals surface area contributed by atoms with Gasteiger partial charge in [0.25, 0.3) is 0 Å². The van der Waals surface area contributed by atoms with E-state index < -0.39 is 0 Å². The van der Waals surface area contributed by atoms with Gasteiger partial charge in [-0.3, -0.25) is 9.48 Å². The Kier molecular flexibility index (Phi) is 4.01. The van der Waals surface area contributed by atoms with Gasteiger partial charge in [0.1, 0.15) is 5.82 Å². The third kappa shape index (κ3) is 2.56. The van der Waals surface area contributed by atoms with Gasteiger partial charge in [-0.25, -0.2) is 0 Å². The molecule has 5 heteroatoms. The van der Waals surface area contributed by atoms with Gasteiger partial charge in [0.15, 0.2) is 6.29 Å². The van der Waals surface area contributed by atoms with Crippen LogP contribution in [0.5, 0.6) is 0 Å². The molecule has 0 aliphatic carbocycles. The second kappa shape index (κ2) is 5.52. The number of aryl methyl sites for hydroxylation is 2. The Labute approximate surface area is 108 Å². The van der Waals surface area contributed by atoms with E-state index in [2.05, 4.69) is 10.00 Å². The Morgan fingerprint density at radius 2 is 2.33 bits per heavy atom. The van der Waals surface area contributed by atoms with E-state index >= 15 is 0 Å². The van der Waals surface area contributed by atoms with Crippen LogP contribution >= 0.6 is 0 Å². The highest BCUT2D eigenvalue weighted by molar-refractivity contribution is 5.84. The molecule has 0 amide bonds. The number of hydrogen-bond donors (Lipinski definition) is 0. The van der Waals surface area contributed by atoms with Crippen LogP contribution in [0.2, 0.25) is 0 Å². The fourth-order valence-electron chi connectivity index (χ4n) is 2.60. The molecule has 1 atom stereocenters. The van der Waals surface area contributed by atoms with E-state index in [-0.39, 0.29) is 6.10 Å². The van der Waals surface area contributed by atoms with Crippen LogP contribution in [0.3, 0.4) is 0 Å². The minimum Gasteiger partial charge on any atom is -0.376 e. The molecule has 1 aromatic rings. The van der Waals surface area contributed by atoms with Crippen molar-refractivity contribution in [1.29, 1.82) is 0 Å². The van der Waals surface area contributed by atoms with Crippen molar-refractivity contribution in [3.05, 3.63) is 11.3 Å². The van der Waals surface area contributed by atoms with Crippen molar-refractivity contribution < 1.29 is 9.53 Å². The highest BCUT2D eigenvalue weighted by Gasteiger charge is 2.21. The first kappa shape index (κ1) is 13.1. The Bertz CT molecular complexity index is 422. The first-order chi connectivity index (χ1) is 8.63. The standard InChI is InChI=1S/C13H21N3O2/c1-10-12(9-17)13(16(3)14-10)15(2)8-11-6-4-5-7-18-11/h9,11H,4-8H2,1-3H3. The maximum absolute atomic E-state index is 11.1. The number of aldehydes is 1. The van der Waals surface area contributed by atoms with Crippen LogP contribution in [0.4, 0.5) is 5.82 Å². The molecule has 18 heavy (non-hydrogen) atoms. The number of likely N-dealkylation sites (N-methyl/N-ethyl adjacent to an activating group) is 1. The zero-order valence-electron chi connectivity index (χ0n) is 11.3. The van der Waals surface area contributed by atoms with Gasteiger partial charge in [0.2, 0.25) is 0 Å². The van der Waals surface area contributed by atoms with E-state index in [0.29, 0.717) is 5.56 Å². The predicted molar refractivity (Wildman–Crippen MR) is 70.2 cm³/mol. The molecule has 1 aromatic heterocycles. The van der Waals surface area contributed by atoms with Crippen molar-refractivity contribution in [3.63, 3.8) is 0 Å². The van der Waals surface area contributed by atoms with E-state index in [1.807, 2.05) is 21.0 Å². The molecule has 0 spiro atoms. The summed E-state index contributed by atoms with van der Waals surface area (Å²) in [5, 5.41) is 4.30. The normalized spacial score (nSPS) is 19.8. The molecule has 1 fully saturated rings. The quantitative estimate of drug-likeness (QED) is 0.762. The van der Waals surface area contributed by atoms with Crippen LogP contribution in [0.15, 0.2) is 0 Å². The number of hydrogen-bond acceptors (Lipinski definition) is 4. The average Bonchev–Trinajstić information content (AvgIpc) is 2.64. The summed E-state index contributed by atoms with van der Waals surface area (Å²) in [6.07, 6.45) is 4.63. The minimum atomic E-state index is 0.262. The lowest BCUT2D eigenvalue weighted by Gasteiger charge is -2.28. The molecule has 0 radical (unpaired) electrons. The minimum absolute atomic E-state index is 0.262. The Hall–Kier alpha value is -1.36. The molecule has 0 bridgehead atoms. The zero-order chi connectivity index (χ0) is 13.1. The third-order valence-electron chi connectivity index (χ3n) is 3.47. The molecule has 5 nitrogen and oxygen atoms in total. The van der Waals surface area contributed by atoms with Crippen LogP contribution in [0.1, 0.15) is 35.3 Å². The van der Waals surface area contributed by atoms with Gasteiger partial charge in [-0.1, -0.05) is 0 Å². The molecule has 100 valence electrons. The fourth-order valence-corrected chi connectivity index (χ4v) is 2.60. The summed E-state index contributed by atoms with van der Waals surface area (Å²) in [5.41, 5.74) is 1.45. The summed E-state index contributed by atoms with van der Waals surface area (Å²) in [6.45, 7) is 3.52. The number of anilines is 1.